The molecule has 0 fully saturated rings. The fourth-order valence-electron chi connectivity index (χ4n) is 4.00. The summed E-state index contributed by atoms with van der Waals surface area (Å²) < 4.78 is 0. The minimum atomic E-state index is 0.204. The molecule has 0 spiro atoms. The first-order chi connectivity index (χ1) is 10.5. The van der Waals surface area contributed by atoms with E-state index in [1.807, 2.05) is 0 Å². The molecule has 0 radical (unpaired) electrons. The largest absolute Gasteiger partial charge is 0.0616 e. The van der Waals surface area contributed by atoms with Gasteiger partial charge in [0, 0.05) is 0 Å². The SMILES string of the molecule is Cc1c(C(C)(C)C)ccc2c1Cc1ccc3ccccc3c1-2. The Bertz CT molecular complexity index is 892. The van der Waals surface area contributed by atoms with E-state index in [9.17, 15) is 0 Å². The van der Waals surface area contributed by atoms with Crippen LogP contribution in [0.2, 0.25) is 0 Å². The zero-order valence-corrected chi connectivity index (χ0v) is 13.8. The molecule has 0 heterocycles. The Morgan fingerprint density at radius 3 is 2.41 bits per heavy atom. The van der Waals surface area contributed by atoms with Crippen molar-refractivity contribution in [3.05, 3.63) is 70.8 Å². The number of hydrogen-bond donors (Lipinski definition) is 0. The van der Waals surface area contributed by atoms with Crippen molar-refractivity contribution in [2.45, 2.75) is 39.5 Å². The van der Waals surface area contributed by atoms with Gasteiger partial charge < -0.3 is 0 Å². The van der Waals surface area contributed by atoms with E-state index in [0.717, 1.165) is 6.42 Å². The van der Waals surface area contributed by atoms with E-state index in [2.05, 4.69) is 76.2 Å². The molecule has 0 N–H and O–H groups in total. The van der Waals surface area contributed by atoms with Crippen LogP contribution in [-0.4, -0.2) is 0 Å². The van der Waals surface area contributed by atoms with Crippen LogP contribution in [-0.2, 0) is 11.8 Å². The van der Waals surface area contributed by atoms with E-state index in [4.69, 9.17) is 0 Å². The second-order valence-corrected chi connectivity index (χ2v) is 7.51. The molecule has 22 heavy (non-hydrogen) atoms. The summed E-state index contributed by atoms with van der Waals surface area (Å²) in [6.07, 6.45) is 1.07. The van der Waals surface area contributed by atoms with E-state index in [1.165, 1.54) is 44.2 Å². The molecule has 0 aromatic heterocycles. The van der Waals surface area contributed by atoms with Crippen LogP contribution >= 0.6 is 0 Å². The third-order valence-corrected chi connectivity index (χ3v) is 5.06. The standard InChI is InChI=1S/C22H22/c1-14-19-13-16-10-9-15-7-5-6-8-17(15)21(16)18(19)11-12-20(14)22(2,3)4/h5-12H,13H2,1-4H3. The summed E-state index contributed by atoms with van der Waals surface area (Å²) in [4.78, 5) is 0. The second kappa shape index (κ2) is 4.46. The van der Waals surface area contributed by atoms with Gasteiger partial charge in [0.2, 0.25) is 0 Å². The summed E-state index contributed by atoms with van der Waals surface area (Å²) >= 11 is 0. The van der Waals surface area contributed by atoms with E-state index < -0.39 is 0 Å². The third kappa shape index (κ3) is 1.83. The Hall–Kier alpha value is -2.08. The molecule has 0 nitrogen and oxygen atoms in total. The summed E-state index contributed by atoms with van der Waals surface area (Å²) in [6.45, 7) is 9.21. The van der Waals surface area contributed by atoms with Crippen LogP contribution in [0.5, 0.6) is 0 Å². The maximum Gasteiger partial charge on any atom is -0.00105 e. The van der Waals surface area contributed by atoms with E-state index >= 15 is 0 Å². The molecule has 0 saturated carbocycles. The second-order valence-electron chi connectivity index (χ2n) is 7.51. The van der Waals surface area contributed by atoms with Crippen LogP contribution < -0.4 is 0 Å². The Balaban J connectivity index is 2.02. The van der Waals surface area contributed by atoms with Gasteiger partial charge in [-0.1, -0.05) is 69.3 Å². The summed E-state index contributed by atoms with van der Waals surface area (Å²) in [5, 5.41) is 2.73. The Labute approximate surface area is 132 Å². The first-order valence-electron chi connectivity index (χ1n) is 8.11. The maximum atomic E-state index is 2.35. The van der Waals surface area contributed by atoms with Gasteiger partial charge >= 0.3 is 0 Å². The molecule has 110 valence electrons. The molecule has 0 heteroatoms. The predicted molar refractivity (Wildman–Crippen MR) is 95.6 cm³/mol. The van der Waals surface area contributed by atoms with Gasteiger partial charge in [-0.2, -0.15) is 0 Å². The number of fused-ring (bicyclic) bond motifs is 5. The van der Waals surface area contributed by atoms with Crippen LogP contribution in [0.15, 0.2) is 48.5 Å². The van der Waals surface area contributed by atoms with Gasteiger partial charge in [0.25, 0.3) is 0 Å². The first kappa shape index (κ1) is 13.6. The Morgan fingerprint density at radius 2 is 1.64 bits per heavy atom. The normalized spacial score (nSPS) is 13.3. The molecule has 0 amide bonds. The molecule has 4 rings (SSSR count). The van der Waals surface area contributed by atoms with E-state index in [1.54, 1.807) is 0 Å². The van der Waals surface area contributed by atoms with E-state index in [0.29, 0.717) is 0 Å². The van der Waals surface area contributed by atoms with Gasteiger partial charge in [-0.05, 0) is 62.9 Å². The monoisotopic (exact) mass is 286 g/mol. The molecule has 0 unspecified atom stereocenters. The molecule has 0 atom stereocenters. The van der Waals surface area contributed by atoms with Crippen molar-refractivity contribution < 1.29 is 0 Å². The summed E-state index contributed by atoms with van der Waals surface area (Å²) in [6, 6.07) is 18.0. The van der Waals surface area contributed by atoms with E-state index in [-0.39, 0.29) is 5.41 Å². The highest BCUT2D eigenvalue weighted by molar-refractivity contribution is 6.01. The third-order valence-electron chi connectivity index (χ3n) is 5.06. The van der Waals surface area contributed by atoms with Crippen molar-refractivity contribution in [2.75, 3.05) is 0 Å². The molecule has 1 aliphatic carbocycles. The molecular weight excluding hydrogens is 264 g/mol. The summed E-state index contributed by atoms with van der Waals surface area (Å²) in [5.74, 6) is 0. The number of benzene rings is 3. The van der Waals surface area contributed by atoms with Crippen molar-refractivity contribution >= 4 is 10.8 Å². The maximum absolute atomic E-state index is 2.35. The lowest BCUT2D eigenvalue weighted by atomic mass is 9.81. The van der Waals surface area contributed by atoms with Crippen LogP contribution in [0.3, 0.4) is 0 Å². The zero-order chi connectivity index (χ0) is 15.5. The van der Waals surface area contributed by atoms with Crippen molar-refractivity contribution in [3.8, 4) is 11.1 Å². The van der Waals surface area contributed by atoms with Crippen LogP contribution in [0.4, 0.5) is 0 Å². The van der Waals surface area contributed by atoms with Crippen molar-refractivity contribution in [1.82, 2.24) is 0 Å². The number of hydrogen-bond acceptors (Lipinski definition) is 0. The average Bonchev–Trinajstić information content (AvgIpc) is 2.86. The minimum Gasteiger partial charge on any atom is -0.0616 e. The molecule has 0 saturated heterocycles. The highest BCUT2D eigenvalue weighted by Crippen LogP contribution is 2.44. The van der Waals surface area contributed by atoms with Gasteiger partial charge in [-0.3, -0.25) is 0 Å². The number of rotatable bonds is 0. The topological polar surface area (TPSA) is 0 Å². The lowest BCUT2D eigenvalue weighted by Crippen LogP contribution is -2.14. The molecular formula is C22H22. The van der Waals surface area contributed by atoms with Crippen LogP contribution in [0.1, 0.15) is 43.0 Å². The lowest BCUT2D eigenvalue weighted by molar-refractivity contribution is 0.585. The molecule has 3 aromatic rings. The highest BCUT2D eigenvalue weighted by Gasteiger charge is 2.26. The van der Waals surface area contributed by atoms with Gasteiger partial charge in [0.05, 0.1) is 0 Å². The fourth-order valence-corrected chi connectivity index (χ4v) is 4.00. The van der Waals surface area contributed by atoms with Gasteiger partial charge in [0.1, 0.15) is 0 Å². The van der Waals surface area contributed by atoms with Gasteiger partial charge in [-0.15, -0.1) is 0 Å². The zero-order valence-electron chi connectivity index (χ0n) is 13.8. The predicted octanol–water partition coefficient (Wildman–Crippen LogP) is 6.02. The van der Waals surface area contributed by atoms with Crippen LogP contribution in [0, 0.1) is 6.92 Å². The van der Waals surface area contributed by atoms with Crippen LogP contribution in [0.25, 0.3) is 21.9 Å². The Morgan fingerprint density at radius 1 is 0.864 bits per heavy atom. The first-order valence-corrected chi connectivity index (χ1v) is 8.11. The highest BCUT2D eigenvalue weighted by atomic mass is 14.3. The van der Waals surface area contributed by atoms with Crippen molar-refractivity contribution in [3.63, 3.8) is 0 Å². The average molecular weight is 286 g/mol. The summed E-state index contributed by atoms with van der Waals surface area (Å²) in [5.41, 5.74) is 9.06. The molecule has 3 aromatic carbocycles. The van der Waals surface area contributed by atoms with Gasteiger partial charge in [0.15, 0.2) is 0 Å². The Kier molecular flexibility index (Phi) is 2.75. The smallest absolute Gasteiger partial charge is 0.00105 e. The van der Waals surface area contributed by atoms with Crippen molar-refractivity contribution in [1.29, 1.82) is 0 Å². The van der Waals surface area contributed by atoms with Gasteiger partial charge in [-0.25, -0.2) is 0 Å². The minimum absolute atomic E-state index is 0.204. The summed E-state index contributed by atoms with van der Waals surface area (Å²) in [7, 11) is 0. The fraction of sp³-hybridized carbons (Fsp3) is 0.273. The molecule has 1 aliphatic rings. The molecule has 0 bridgehead atoms. The molecule has 0 aliphatic heterocycles. The quantitative estimate of drug-likeness (QED) is 0.371. The van der Waals surface area contributed by atoms with Crippen molar-refractivity contribution in [2.24, 2.45) is 0 Å². The lowest BCUT2D eigenvalue weighted by Gasteiger charge is -2.23.